The van der Waals surface area contributed by atoms with E-state index in [0.717, 1.165) is 12.0 Å². The summed E-state index contributed by atoms with van der Waals surface area (Å²) in [5.74, 6) is 0.240. The molecule has 5 nitrogen and oxygen atoms in total. The zero-order valence-electron chi connectivity index (χ0n) is 10.9. The number of amides is 1. The highest BCUT2D eigenvalue weighted by Gasteiger charge is 2.19. The normalized spacial score (nSPS) is 15.0. The Hall–Kier alpha value is -2.56. The molecule has 0 unspecified atom stereocenters. The topological polar surface area (TPSA) is 69.2 Å². The highest BCUT2D eigenvalue weighted by atomic mass is 16.3. The fourth-order valence-corrected chi connectivity index (χ4v) is 2.34. The Bertz CT molecular complexity index is 630. The molecule has 2 heterocycles. The first-order chi connectivity index (χ1) is 9.74. The molecule has 2 aromatic rings. The van der Waals surface area contributed by atoms with Gasteiger partial charge in [0.15, 0.2) is 0 Å². The molecule has 1 aliphatic rings. The average molecular weight is 269 g/mol. The van der Waals surface area contributed by atoms with Crippen LogP contribution in [0.1, 0.15) is 22.5 Å². The number of aromatic nitrogens is 2. The van der Waals surface area contributed by atoms with E-state index < -0.39 is 0 Å². The van der Waals surface area contributed by atoms with Crippen molar-refractivity contribution in [3.05, 3.63) is 53.9 Å². The minimum atomic E-state index is -0.0245. The third-order valence-corrected chi connectivity index (χ3v) is 3.47. The van der Waals surface area contributed by atoms with Crippen molar-refractivity contribution in [3.63, 3.8) is 0 Å². The molecular weight excluding hydrogens is 254 g/mol. The molecule has 1 amide bonds. The van der Waals surface area contributed by atoms with Crippen molar-refractivity contribution in [1.82, 2.24) is 15.1 Å². The third kappa shape index (κ3) is 2.42. The van der Waals surface area contributed by atoms with E-state index in [0.29, 0.717) is 18.8 Å². The van der Waals surface area contributed by atoms with Crippen LogP contribution < -0.4 is 0 Å². The maximum absolute atomic E-state index is 12.1. The number of aromatic amines is 1. The molecule has 1 aromatic carbocycles. The Labute approximate surface area is 116 Å². The number of aromatic hydroxyl groups is 1. The molecule has 0 bridgehead atoms. The summed E-state index contributed by atoms with van der Waals surface area (Å²) in [6, 6.07) is 8.83. The summed E-state index contributed by atoms with van der Waals surface area (Å²) in [5, 5.41) is 15.8. The molecule has 0 atom stereocenters. The number of phenolic OH excluding ortho intramolecular Hbond substituents is 1. The van der Waals surface area contributed by atoms with E-state index in [1.165, 1.54) is 5.57 Å². The largest absolute Gasteiger partial charge is 0.508 e. The van der Waals surface area contributed by atoms with Crippen LogP contribution in [0.4, 0.5) is 0 Å². The smallest absolute Gasteiger partial charge is 0.272 e. The summed E-state index contributed by atoms with van der Waals surface area (Å²) in [4.78, 5) is 13.9. The van der Waals surface area contributed by atoms with Gasteiger partial charge < -0.3 is 10.0 Å². The van der Waals surface area contributed by atoms with Crippen LogP contribution >= 0.6 is 0 Å². The van der Waals surface area contributed by atoms with Gasteiger partial charge in [0.05, 0.1) is 0 Å². The van der Waals surface area contributed by atoms with E-state index in [1.807, 2.05) is 12.1 Å². The van der Waals surface area contributed by atoms with Crippen molar-refractivity contribution in [1.29, 1.82) is 0 Å². The van der Waals surface area contributed by atoms with Crippen LogP contribution in [0, 0.1) is 0 Å². The first-order valence-electron chi connectivity index (χ1n) is 6.51. The van der Waals surface area contributed by atoms with Crippen molar-refractivity contribution in [2.45, 2.75) is 6.42 Å². The summed E-state index contributed by atoms with van der Waals surface area (Å²) in [6.45, 7) is 1.28. The minimum Gasteiger partial charge on any atom is -0.508 e. The van der Waals surface area contributed by atoms with Crippen molar-refractivity contribution in [2.24, 2.45) is 0 Å². The van der Waals surface area contributed by atoms with Gasteiger partial charge >= 0.3 is 0 Å². The maximum atomic E-state index is 12.1. The Balaban J connectivity index is 1.72. The van der Waals surface area contributed by atoms with E-state index in [-0.39, 0.29) is 11.7 Å². The number of benzene rings is 1. The van der Waals surface area contributed by atoms with Gasteiger partial charge in [0, 0.05) is 19.3 Å². The molecule has 2 N–H and O–H groups in total. The number of carbonyl (C=O) groups is 1. The van der Waals surface area contributed by atoms with E-state index in [9.17, 15) is 9.90 Å². The fraction of sp³-hybridized carbons (Fsp3) is 0.200. The van der Waals surface area contributed by atoms with Crippen LogP contribution in [-0.2, 0) is 0 Å². The van der Waals surface area contributed by atoms with Crippen LogP contribution in [0.25, 0.3) is 5.57 Å². The van der Waals surface area contributed by atoms with Crippen molar-refractivity contribution in [2.75, 3.05) is 13.1 Å². The lowest BCUT2D eigenvalue weighted by Crippen LogP contribution is -2.34. The van der Waals surface area contributed by atoms with Crippen molar-refractivity contribution >= 4 is 11.5 Å². The van der Waals surface area contributed by atoms with Crippen LogP contribution in [0.5, 0.6) is 5.75 Å². The van der Waals surface area contributed by atoms with E-state index >= 15 is 0 Å². The fourth-order valence-electron chi connectivity index (χ4n) is 2.34. The highest BCUT2D eigenvalue weighted by Crippen LogP contribution is 2.24. The third-order valence-electron chi connectivity index (χ3n) is 3.47. The maximum Gasteiger partial charge on any atom is 0.272 e. The molecule has 102 valence electrons. The molecule has 0 fully saturated rings. The second-order valence-electron chi connectivity index (χ2n) is 4.75. The highest BCUT2D eigenvalue weighted by molar-refractivity contribution is 5.92. The van der Waals surface area contributed by atoms with E-state index in [1.54, 1.807) is 29.3 Å². The van der Waals surface area contributed by atoms with Gasteiger partial charge in [0.25, 0.3) is 5.91 Å². The molecule has 0 radical (unpaired) electrons. The minimum absolute atomic E-state index is 0.0245. The Morgan fingerprint density at radius 2 is 2.05 bits per heavy atom. The van der Waals surface area contributed by atoms with Gasteiger partial charge in [-0.05, 0) is 35.8 Å². The van der Waals surface area contributed by atoms with Crippen LogP contribution in [0.15, 0.2) is 42.6 Å². The second-order valence-corrected chi connectivity index (χ2v) is 4.75. The molecule has 0 saturated heterocycles. The molecule has 5 heteroatoms. The Kier molecular flexibility index (Phi) is 3.25. The molecule has 0 saturated carbocycles. The second kappa shape index (κ2) is 5.21. The summed E-state index contributed by atoms with van der Waals surface area (Å²) in [6.07, 6.45) is 4.45. The first kappa shape index (κ1) is 12.5. The van der Waals surface area contributed by atoms with Gasteiger partial charge in [0.1, 0.15) is 11.4 Å². The molecule has 0 aliphatic carbocycles. The SMILES string of the molecule is O=C(c1ccn[nH]1)N1CC=C(c2ccc(O)cc2)CC1. The lowest BCUT2D eigenvalue weighted by molar-refractivity contribution is 0.0767. The monoisotopic (exact) mass is 269 g/mol. The molecule has 1 aromatic heterocycles. The number of rotatable bonds is 2. The summed E-state index contributed by atoms with van der Waals surface area (Å²) in [5.41, 5.74) is 2.82. The Morgan fingerprint density at radius 3 is 2.65 bits per heavy atom. The molecule has 3 rings (SSSR count). The van der Waals surface area contributed by atoms with Gasteiger partial charge in [0.2, 0.25) is 0 Å². The van der Waals surface area contributed by atoms with E-state index in [2.05, 4.69) is 16.3 Å². The number of hydrogen-bond donors (Lipinski definition) is 2. The van der Waals surface area contributed by atoms with Gasteiger partial charge in [-0.1, -0.05) is 18.2 Å². The molecule has 20 heavy (non-hydrogen) atoms. The standard InChI is InChI=1S/C15H15N3O2/c19-13-3-1-11(2-4-13)12-6-9-18(10-7-12)15(20)14-5-8-16-17-14/h1-6,8,19H,7,9-10H2,(H,16,17). The lowest BCUT2D eigenvalue weighted by atomic mass is 9.99. The van der Waals surface area contributed by atoms with Crippen LogP contribution in [-0.4, -0.2) is 39.2 Å². The van der Waals surface area contributed by atoms with Crippen LogP contribution in [0.2, 0.25) is 0 Å². The number of phenols is 1. The number of nitrogens with one attached hydrogen (secondary N) is 1. The van der Waals surface area contributed by atoms with E-state index in [4.69, 9.17) is 0 Å². The Morgan fingerprint density at radius 1 is 1.25 bits per heavy atom. The van der Waals surface area contributed by atoms with Crippen LogP contribution in [0.3, 0.4) is 0 Å². The quantitative estimate of drug-likeness (QED) is 0.876. The number of H-pyrrole nitrogens is 1. The van der Waals surface area contributed by atoms with Crippen molar-refractivity contribution in [3.8, 4) is 5.75 Å². The predicted molar refractivity (Wildman–Crippen MR) is 75.2 cm³/mol. The summed E-state index contributed by atoms with van der Waals surface area (Å²) >= 11 is 0. The van der Waals surface area contributed by atoms with Crippen molar-refractivity contribution < 1.29 is 9.90 Å². The number of carbonyl (C=O) groups excluding carboxylic acids is 1. The van der Waals surface area contributed by atoms with Gasteiger partial charge in [-0.25, -0.2) is 0 Å². The zero-order valence-corrected chi connectivity index (χ0v) is 10.9. The van der Waals surface area contributed by atoms with Gasteiger partial charge in [-0.2, -0.15) is 5.10 Å². The zero-order chi connectivity index (χ0) is 13.9. The lowest BCUT2D eigenvalue weighted by Gasteiger charge is -2.26. The summed E-state index contributed by atoms with van der Waals surface area (Å²) in [7, 11) is 0. The number of hydrogen-bond acceptors (Lipinski definition) is 3. The molecule has 1 aliphatic heterocycles. The predicted octanol–water partition coefficient (Wildman–Crippen LogP) is 2.04. The first-order valence-corrected chi connectivity index (χ1v) is 6.51. The average Bonchev–Trinajstić information content (AvgIpc) is 3.02. The van der Waals surface area contributed by atoms with Gasteiger partial charge in [-0.15, -0.1) is 0 Å². The summed E-state index contributed by atoms with van der Waals surface area (Å²) < 4.78 is 0. The molecule has 0 spiro atoms. The molecular formula is C15H15N3O2. The number of nitrogens with zero attached hydrogens (tertiary/aromatic N) is 2. The van der Waals surface area contributed by atoms with Gasteiger partial charge in [-0.3, -0.25) is 9.89 Å².